The SMILES string of the molecule is CS(=O)(=O)C1(c2cc(N)nc(-c3ccc(NC(=O)NC4CCC4)cc3)n2)CCC1. The number of carbonyl (C=O) groups excluding carboxylic acids is 1. The number of nitrogens with one attached hydrogen (secondary N) is 2. The minimum Gasteiger partial charge on any atom is -0.384 e. The quantitative estimate of drug-likeness (QED) is 0.689. The average Bonchev–Trinajstić information content (AvgIpc) is 2.56. The molecule has 9 heteroatoms. The van der Waals surface area contributed by atoms with Crippen LogP contribution in [0.15, 0.2) is 30.3 Å². The Morgan fingerprint density at radius 2 is 1.83 bits per heavy atom. The summed E-state index contributed by atoms with van der Waals surface area (Å²) in [7, 11) is -3.32. The first-order valence-electron chi connectivity index (χ1n) is 9.79. The molecule has 2 saturated carbocycles. The van der Waals surface area contributed by atoms with Gasteiger partial charge in [-0.3, -0.25) is 0 Å². The Morgan fingerprint density at radius 1 is 1.14 bits per heavy atom. The third kappa shape index (κ3) is 3.78. The monoisotopic (exact) mass is 415 g/mol. The van der Waals surface area contributed by atoms with Crippen LogP contribution < -0.4 is 16.4 Å². The second kappa shape index (κ2) is 7.29. The molecule has 1 aromatic carbocycles. The lowest BCUT2D eigenvalue weighted by molar-refractivity contribution is 0.240. The van der Waals surface area contributed by atoms with Crippen molar-refractivity contribution in [2.24, 2.45) is 0 Å². The Kier molecular flexibility index (Phi) is 4.94. The number of carbonyl (C=O) groups is 1. The summed E-state index contributed by atoms with van der Waals surface area (Å²) in [6, 6.07) is 8.70. The highest BCUT2D eigenvalue weighted by Gasteiger charge is 2.49. The van der Waals surface area contributed by atoms with Gasteiger partial charge < -0.3 is 16.4 Å². The summed E-state index contributed by atoms with van der Waals surface area (Å²) >= 11 is 0. The number of benzene rings is 1. The number of sulfone groups is 1. The van der Waals surface area contributed by atoms with Gasteiger partial charge in [-0.1, -0.05) is 0 Å². The van der Waals surface area contributed by atoms with Crippen LogP contribution in [-0.4, -0.2) is 36.7 Å². The van der Waals surface area contributed by atoms with Gasteiger partial charge in [0.15, 0.2) is 15.7 Å². The van der Waals surface area contributed by atoms with Gasteiger partial charge >= 0.3 is 6.03 Å². The Hall–Kier alpha value is -2.68. The Morgan fingerprint density at radius 3 is 2.34 bits per heavy atom. The smallest absolute Gasteiger partial charge is 0.319 e. The molecular formula is C20H25N5O3S. The zero-order valence-corrected chi connectivity index (χ0v) is 17.1. The van der Waals surface area contributed by atoms with Crippen molar-refractivity contribution in [2.75, 3.05) is 17.3 Å². The molecule has 2 aliphatic rings. The van der Waals surface area contributed by atoms with Crippen LogP contribution in [0.4, 0.5) is 16.3 Å². The molecule has 4 rings (SSSR count). The summed E-state index contributed by atoms with van der Waals surface area (Å²) in [6.45, 7) is 0. The fraction of sp³-hybridized carbons (Fsp3) is 0.450. The molecule has 0 radical (unpaired) electrons. The van der Waals surface area contributed by atoms with Crippen molar-refractivity contribution in [1.82, 2.24) is 15.3 Å². The van der Waals surface area contributed by atoms with E-state index < -0.39 is 14.6 Å². The Bertz CT molecular complexity index is 1030. The van der Waals surface area contributed by atoms with Gasteiger partial charge in [-0.25, -0.2) is 23.2 Å². The molecule has 0 bridgehead atoms. The molecule has 1 aromatic heterocycles. The number of rotatable bonds is 5. The molecule has 8 nitrogen and oxygen atoms in total. The van der Waals surface area contributed by atoms with E-state index in [9.17, 15) is 13.2 Å². The number of anilines is 2. The normalized spacial score (nSPS) is 18.4. The Balaban J connectivity index is 1.55. The van der Waals surface area contributed by atoms with Gasteiger partial charge in [0.25, 0.3) is 0 Å². The summed E-state index contributed by atoms with van der Waals surface area (Å²) in [4.78, 5) is 20.8. The van der Waals surface area contributed by atoms with Crippen LogP contribution in [0.3, 0.4) is 0 Å². The maximum absolute atomic E-state index is 12.4. The van der Waals surface area contributed by atoms with Crippen LogP contribution in [0, 0.1) is 0 Å². The molecule has 4 N–H and O–H groups in total. The predicted octanol–water partition coefficient (Wildman–Crippen LogP) is 2.82. The molecule has 0 unspecified atom stereocenters. The highest BCUT2D eigenvalue weighted by molar-refractivity contribution is 7.91. The Labute approximate surface area is 170 Å². The summed E-state index contributed by atoms with van der Waals surface area (Å²) in [5.74, 6) is 0.613. The summed E-state index contributed by atoms with van der Waals surface area (Å²) in [6.07, 6.45) is 6.38. The third-order valence-electron chi connectivity index (χ3n) is 5.93. The first-order valence-corrected chi connectivity index (χ1v) is 11.7. The minimum atomic E-state index is -3.32. The fourth-order valence-corrected chi connectivity index (χ4v) is 5.27. The van der Waals surface area contributed by atoms with Gasteiger partial charge in [-0.15, -0.1) is 0 Å². The molecule has 2 aromatic rings. The molecule has 2 aliphatic carbocycles. The summed E-state index contributed by atoms with van der Waals surface area (Å²) in [5.41, 5.74) is 7.77. The van der Waals surface area contributed by atoms with Gasteiger partial charge in [0.2, 0.25) is 0 Å². The zero-order chi connectivity index (χ0) is 20.6. The zero-order valence-electron chi connectivity index (χ0n) is 16.3. The maximum Gasteiger partial charge on any atom is 0.319 e. The summed E-state index contributed by atoms with van der Waals surface area (Å²) < 4.78 is 23.8. The van der Waals surface area contributed by atoms with E-state index in [4.69, 9.17) is 5.73 Å². The van der Waals surface area contributed by atoms with Crippen LogP contribution in [0.5, 0.6) is 0 Å². The van der Waals surface area contributed by atoms with Crippen LogP contribution in [0.2, 0.25) is 0 Å². The van der Waals surface area contributed by atoms with Crippen LogP contribution in [0.1, 0.15) is 44.2 Å². The highest BCUT2D eigenvalue weighted by Crippen LogP contribution is 2.47. The summed E-state index contributed by atoms with van der Waals surface area (Å²) in [5, 5.41) is 5.73. The number of aromatic nitrogens is 2. The van der Waals surface area contributed by atoms with Crippen molar-refractivity contribution in [3.05, 3.63) is 36.0 Å². The minimum absolute atomic E-state index is 0.218. The van der Waals surface area contributed by atoms with Crippen molar-refractivity contribution >= 4 is 27.4 Å². The third-order valence-corrected chi connectivity index (χ3v) is 7.96. The molecular weight excluding hydrogens is 390 g/mol. The van der Waals surface area contributed by atoms with E-state index >= 15 is 0 Å². The van der Waals surface area contributed by atoms with Crippen molar-refractivity contribution < 1.29 is 13.2 Å². The van der Waals surface area contributed by atoms with Crippen molar-refractivity contribution in [3.63, 3.8) is 0 Å². The highest BCUT2D eigenvalue weighted by atomic mass is 32.2. The lowest BCUT2D eigenvalue weighted by Gasteiger charge is -2.39. The van der Waals surface area contributed by atoms with Gasteiger partial charge in [0, 0.05) is 29.6 Å². The second-order valence-corrected chi connectivity index (χ2v) is 10.3. The van der Waals surface area contributed by atoms with Crippen LogP contribution >= 0.6 is 0 Å². The lowest BCUT2D eigenvalue weighted by atomic mass is 9.81. The molecule has 0 saturated heterocycles. The van der Waals surface area contributed by atoms with Gasteiger partial charge in [-0.05, 0) is 62.8 Å². The van der Waals surface area contributed by atoms with Crippen LogP contribution in [-0.2, 0) is 14.6 Å². The molecule has 0 spiro atoms. The molecule has 1 heterocycles. The van der Waals surface area contributed by atoms with Crippen molar-refractivity contribution in [1.29, 1.82) is 0 Å². The fourth-order valence-electron chi connectivity index (χ4n) is 3.75. The average molecular weight is 416 g/mol. The largest absolute Gasteiger partial charge is 0.384 e. The predicted molar refractivity (Wildman–Crippen MR) is 112 cm³/mol. The van der Waals surface area contributed by atoms with Gasteiger partial charge in [-0.2, -0.15) is 0 Å². The number of hydrogen-bond acceptors (Lipinski definition) is 6. The number of nitrogens with zero attached hydrogens (tertiary/aromatic N) is 2. The lowest BCUT2D eigenvalue weighted by Crippen LogP contribution is -2.42. The topological polar surface area (TPSA) is 127 Å². The number of nitrogens with two attached hydrogens (primary N) is 1. The number of urea groups is 1. The molecule has 0 atom stereocenters. The van der Waals surface area contributed by atoms with Crippen LogP contribution in [0.25, 0.3) is 11.4 Å². The van der Waals surface area contributed by atoms with Gasteiger partial charge in [0.1, 0.15) is 10.6 Å². The molecule has 2 amide bonds. The number of nitrogen functional groups attached to an aromatic ring is 1. The van der Waals surface area contributed by atoms with E-state index in [1.807, 2.05) is 0 Å². The van der Waals surface area contributed by atoms with Crippen molar-refractivity contribution in [2.45, 2.75) is 49.3 Å². The molecule has 0 aliphatic heterocycles. The first kappa shape index (κ1) is 19.6. The number of amides is 2. The van der Waals surface area contributed by atoms with E-state index in [1.165, 1.54) is 6.26 Å². The molecule has 2 fully saturated rings. The molecule has 154 valence electrons. The van der Waals surface area contributed by atoms with Gasteiger partial charge in [0.05, 0.1) is 5.69 Å². The molecule has 29 heavy (non-hydrogen) atoms. The standard InChI is InChI=1S/C20H25N5O3S/c1-29(27,28)20(10-3-11-20)16-12-17(21)25-18(24-16)13-6-8-15(9-7-13)23-19(26)22-14-4-2-5-14/h6-9,12,14H,2-5,10-11H2,1H3,(H2,21,24,25)(H2,22,23,26). The van der Waals surface area contributed by atoms with Crippen molar-refractivity contribution in [3.8, 4) is 11.4 Å². The second-order valence-electron chi connectivity index (χ2n) is 7.93. The maximum atomic E-state index is 12.4. The van der Waals surface area contributed by atoms with E-state index in [0.717, 1.165) is 25.7 Å². The van der Waals surface area contributed by atoms with E-state index in [2.05, 4.69) is 20.6 Å². The first-order chi connectivity index (χ1) is 13.8. The van der Waals surface area contributed by atoms with E-state index in [1.54, 1.807) is 30.3 Å². The van der Waals surface area contributed by atoms with E-state index in [0.29, 0.717) is 35.6 Å². The number of hydrogen-bond donors (Lipinski definition) is 3. The van der Waals surface area contributed by atoms with E-state index in [-0.39, 0.29) is 17.9 Å².